The Hall–Kier alpha value is -2.99. The van der Waals surface area contributed by atoms with Gasteiger partial charge in [0, 0.05) is 12.1 Å². The zero-order valence-corrected chi connectivity index (χ0v) is 15.5. The highest BCUT2D eigenvalue weighted by Crippen LogP contribution is 2.32. The Balaban J connectivity index is 1.60. The van der Waals surface area contributed by atoms with Gasteiger partial charge in [-0.15, -0.1) is 0 Å². The molecule has 5 N–H and O–H groups in total. The van der Waals surface area contributed by atoms with Crippen molar-refractivity contribution >= 4 is 17.0 Å². The summed E-state index contributed by atoms with van der Waals surface area (Å²) in [4.78, 5) is 12.7. The highest BCUT2D eigenvalue weighted by atomic mass is 16.6. The second-order valence-electron chi connectivity index (χ2n) is 6.62. The summed E-state index contributed by atoms with van der Waals surface area (Å²) < 4.78 is 12.2. The molecule has 29 heavy (non-hydrogen) atoms. The molecule has 0 bridgehead atoms. The molecular weight excluding hydrogens is 382 g/mol. The van der Waals surface area contributed by atoms with Crippen LogP contribution in [-0.2, 0) is 11.3 Å². The fourth-order valence-corrected chi connectivity index (χ4v) is 3.29. The first-order chi connectivity index (χ1) is 14.0. The minimum absolute atomic E-state index is 0.112. The first-order valence-electron chi connectivity index (χ1n) is 8.93. The van der Waals surface area contributed by atoms with Gasteiger partial charge in [0.2, 0.25) is 0 Å². The quantitative estimate of drug-likeness (QED) is 0.372. The number of ether oxygens (including phenoxy) is 2. The molecule has 0 aliphatic carbocycles. The second-order valence-corrected chi connectivity index (χ2v) is 6.62. The van der Waals surface area contributed by atoms with Crippen LogP contribution in [0.1, 0.15) is 11.8 Å². The molecule has 1 aliphatic rings. The molecule has 0 spiro atoms. The number of aromatic hydroxyl groups is 1. The summed E-state index contributed by atoms with van der Waals surface area (Å²) in [5.74, 6) is 1.14. The van der Waals surface area contributed by atoms with Crippen LogP contribution in [0.5, 0.6) is 11.5 Å². The van der Waals surface area contributed by atoms with E-state index in [1.54, 1.807) is 25.3 Å². The maximum Gasteiger partial charge on any atom is 0.167 e. The SMILES string of the molecule is COc1ccc(O)c(CNc2ncnc3c2ncn3[C@@H]2O[C@H](CO)[C@@H](O)[C@@H]2O)c1. The molecule has 0 saturated carbocycles. The van der Waals surface area contributed by atoms with Gasteiger partial charge in [-0.05, 0) is 18.2 Å². The monoisotopic (exact) mass is 403 g/mol. The summed E-state index contributed by atoms with van der Waals surface area (Å²) in [5.41, 5.74) is 1.42. The van der Waals surface area contributed by atoms with Gasteiger partial charge in [0.15, 0.2) is 23.2 Å². The molecule has 154 valence electrons. The van der Waals surface area contributed by atoms with Crippen molar-refractivity contribution in [3.63, 3.8) is 0 Å². The molecule has 1 fully saturated rings. The Morgan fingerprint density at radius 1 is 1.21 bits per heavy atom. The van der Waals surface area contributed by atoms with Gasteiger partial charge in [0.25, 0.3) is 0 Å². The fraction of sp³-hybridized carbons (Fsp3) is 0.389. The number of hydrogen-bond donors (Lipinski definition) is 5. The van der Waals surface area contributed by atoms with Crippen molar-refractivity contribution in [3.8, 4) is 11.5 Å². The van der Waals surface area contributed by atoms with Gasteiger partial charge >= 0.3 is 0 Å². The van der Waals surface area contributed by atoms with E-state index in [0.717, 1.165) is 0 Å². The van der Waals surface area contributed by atoms with Crippen molar-refractivity contribution < 1.29 is 29.9 Å². The van der Waals surface area contributed by atoms with Crippen LogP contribution < -0.4 is 10.1 Å². The predicted octanol–water partition coefficient (Wildman–Crippen LogP) is -0.236. The number of aliphatic hydroxyl groups excluding tert-OH is 3. The van der Waals surface area contributed by atoms with E-state index >= 15 is 0 Å². The third-order valence-electron chi connectivity index (χ3n) is 4.88. The van der Waals surface area contributed by atoms with E-state index in [0.29, 0.717) is 28.3 Å². The van der Waals surface area contributed by atoms with Gasteiger partial charge in [0.1, 0.15) is 36.1 Å². The molecule has 11 nitrogen and oxygen atoms in total. The number of aromatic nitrogens is 4. The maximum atomic E-state index is 10.3. The Bertz CT molecular complexity index is 1010. The molecule has 1 aromatic carbocycles. The van der Waals surface area contributed by atoms with Crippen molar-refractivity contribution in [2.45, 2.75) is 31.1 Å². The second kappa shape index (κ2) is 7.79. The number of imidazole rings is 1. The molecule has 0 unspecified atom stereocenters. The number of aliphatic hydroxyl groups is 3. The standard InChI is InChI=1S/C18H21N5O6/c1-28-10-2-3-11(25)9(4-10)5-19-16-13-17(21-7-20-16)23(8-22-13)18-15(27)14(26)12(6-24)29-18/h2-4,7-8,12,14-15,18,24-27H,5-6H2,1H3,(H,19,20,21)/t12-,14-,15+,18-/m1/s1. The lowest BCUT2D eigenvalue weighted by molar-refractivity contribution is -0.0511. The van der Waals surface area contributed by atoms with Crippen LogP contribution in [0.25, 0.3) is 11.2 Å². The Labute approximate surface area is 165 Å². The summed E-state index contributed by atoms with van der Waals surface area (Å²) >= 11 is 0. The fourth-order valence-electron chi connectivity index (χ4n) is 3.29. The maximum absolute atomic E-state index is 10.3. The van der Waals surface area contributed by atoms with Crippen molar-refractivity contribution in [3.05, 3.63) is 36.4 Å². The normalized spacial score (nSPS) is 24.1. The third-order valence-corrected chi connectivity index (χ3v) is 4.88. The van der Waals surface area contributed by atoms with Crippen molar-refractivity contribution in [2.24, 2.45) is 0 Å². The first-order valence-corrected chi connectivity index (χ1v) is 8.93. The van der Waals surface area contributed by atoms with E-state index in [-0.39, 0.29) is 12.3 Å². The molecule has 1 aliphatic heterocycles. The molecule has 1 saturated heterocycles. The van der Waals surface area contributed by atoms with Gasteiger partial charge in [-0.3, -0.25) is 4.57 Å². The number of nitrogens with one attached hydrogen (secondary N) is 1. The highest BCUT2D eigenvalue weighted by molar-refractivity contribution is 5.82. The smallest absolute Gasteiger partial charge is 0.167 e. The molecule has 2 aromatic heterocycles. The topological polar surface area (TPSA) is 155 Å². The zero-order valence-electron chi connectivity index (χ0n) is 15.5. The minimum Gasteiger partial charge on any atom is -0.508 e. The van der Waals surface area contributed by atoms with Crippen LogP contribution in [0.4, 0.5) is 5.82 Å². The number of hydrogen-bond acceptors (Lipinski definition) is 10. The lowest BCUT2D eigenvalue weighted by atomic mass is 10.1. The number of fused-ring (bicyclic) bond motifs is 1. The average Bonchev–Trinajstić information content (AvgIpc) is 3.29. The number of nitrogens with zero attached hydrogens (tertiary/aromatic N) is 4. The van der Waals surface area contributed by atoms with Gasteiger partial charge in [-0.1, -0.05) is 0 Å². The van der Waals surface area contributed by atoms with Crippen LogP contribution in [0.15, 0.2) is 30.9 Å². The van der Waals surface area contributed by atoms with E-state index in [1.807, 2.05) is 0 Å². The van der Waals surface area contributed by atoms with E-state index in [1.165, 1.54) is 17.2 Å². The van der Waals surface area contributed by atoms with E-state index < -0.39 is 31.1 Å². The number of methoxy groups -OCH3 is 1. The van der Waals surface area contributed by atoms with Gasteiger partial charge in [-0.25, -0.2) is 15.0 Å². The van der Waals surface area contributed by atoms with Crippen LogP contribution >= 0.6 is 0 Å². The van der Waals surface area contributed by atoms with E-state index in [9.17, 15) is 20.4 Å². The molecular formula is C18H21N5O6. The molecule has 0 radical (unpaired) electrons. The number of phenols is 1. The molecule has 3 aromatic rings. The van der Waals surface area contributed by atoms with E-state index in [2.05, 4.69) is 20.3 Å². The third kappa shape index (κ3) is 3.44. The molecule has 4 atom stereocenters. The van der Waals surface area contributed by atoms with Crippen LogP contribution in [0.3, 0.4) is 0 Å². The summed E-state index contributed by atoms with van der Waals surface area (Å²) in [6.07, 6.45) is -1.56. The van der Waals surface area contributed by atoms with Crippen molar-refractivity contribution in [1.82, 2.24) is 19.5 Å². The Morgan fingerprint density at radius 3 is 2.76 bits per heavy atom. The van der Waals surface area contributed by atoms with Crippen LogP contribution in [-0.4, -0.2) is 72.0 Å². The lowest BCUT2D eigenvalue weighted by Gasteiger charge is -2.16. The summed E-state index contributed by atoms with van der Waals surface area (Å²) in [6.45, 7) is -0.164. The highest BCUT2D eigenvalue weighted by Gasteiger charge is 2.44. The average molecular weight is 403 g/mol. The zero-order chi connectivity index (χ0) is 20.5. The van der Waals surface area contributed by atoms with Gasteiger partial charge < -0.3 is 35.2 Å². The molecule has 3 heterocycles. The first kappa shape index (κ1) is 19.3. The summed E-state index contributed by atoms with van der Waals surface area (Å²) in [6, 6.07) is 4.91. The number of anilines is 1. The van der Waals surface area contributed by atoms with Crippen molar-refractivity contribution in [2.75, 3.05) is 19.0 Å². The van der Waals surface area contributed by atoms with E-state index in [4.69, 9.17) is 9.47 Å². The Kier molecular flexibility index (Phi) is 5.20. The summed E-state index contributed by atoms with van der Waals surface area (Å²) in [5, 5.41) is 42.7. The van der Waals surface area contributed by atoms with Gasteiger partial charge in [-0.2, -0.15) is 0 Å². The van der Waals surface area contributed by atoms with Crippen LogP contribution in [0, 0.1) is 0 Å². The number of rotatable bonds is 6. The number of benzene rings is 1. The Morgan fingerprint density at radius 2 is 2.03 bits per heavy atom. The lowest BCUT2D eigenvalue weighted by Crippen LogP contribution is -2.33. The molecule has 11 heteroatoms. The molecule has 4 rings (SSSR count). The summed E-state index contributed by atoms with van der Waals surface area (Å²) in [7, 11) is 1.54. The van der Waals surface area contributed by atoms with Gasteiger partial charge in [0.05, 0.1) is 20.0 Å². The largest absolute Gasteiger partial charge is 0.508 e. The van der Waals surface area contributed by atoms with Crippen molar-refractivity contribution in [1.29, 1.82) is 0 Å². The number of phenolic OH excluding ortho intramolecular Hbond substituents is 1. The predicted molar refractivity (Wildman–Crippen MR) is 100 cm³/mol. The minimum atomic E-state index is -1.25. The van der Waals surface area contributed by atoms with Crippen LogP contribution in [0.2, 0.25) is 0 Å². The molecule has 0 amide bonds.